The van der Waals surface area contributed by atoms with E-state index in [4.69, 9.17) is 17.3 Å². The molecule has 0 radical (unpaired) electrons. The van der Waals surface area contributed by atoms with E-state index in [1.807, 2.05) is 0 Å². The van der Waals surface area contributed by atoms with Gasteiger partial charge < -0.3 is 5.73 Å². The number of hydrogen-bond acceptors (Lipinski definition) is 5. The van der Waals surface area contributed by atoms with Crippen molar-refractivity contribution < 1.29 is 9.18 Å². The number of halogens is 2. The fraction of sp³-hybridized carbons (Fsp3) is 0.200. The van der Waals surface area contributed by atoms with Gasteiger partial charge in [0.05, 0.1) is 17.6 Å². The fourth-order valence-electron chi connectivity index (χ4n) is 2.32. The van der Waals surface area contributed by atoms with Crippen LogP contribution < -0.4 is 10.7 Å². The molecule has 1 amide bonds. The summed E-state index contributed by atoms with van der Waals surface area (Å²) in [7, 11) is 0. The van der Waals surface area contributed by atoms with Gasteiger partial charge in [-0.2, -0.15) is 15.2 Å². The zero-order chi connectivity index (χ0) is 16.6. The minimum absolute atomic E-state index is 0.0389. The Labute approximate surface area is 136 Å². The number of aromatic nitrogens is 2. The van der Waals surface area contributed by atoms with E-state index in [0.717, 1.165) is 5.01 Å². The number of amides is 1. The van der Waals surface area contributed by atoms with Crippen molar-refractivity contribution >= 4 is 34.7 Å². The molecule has 1 unspecified atom stereocenters. The number of nitrogens with zero attached hydrogens (tertiary/aromatic N) is 4. The van der Waals surface area contributed by atoms with Gasteiger partial charge in [0.25, 0.3) is 5.91 Å². The molecule has 2 aromatic rings. The van der Waals surface area contributed by atoms with Crippen LogP contribution in [0.3, 0.4) is 0 Å². The second-order valence-corrected chi connectivity index (χ2v) is 5.60. The van der Waals surface area contributed by atoms with Gasteiger partial charge in [-0.15, -0.1) is 5.10 Å². The Hall–Kier alpha value is -2.54. The SMILES string of the molecule is CC1CC(c2ccccc2F)=NN(c2nncc(N)c2Cl)C1=O. The molecule has 0 spiro atoms. The van der Waals surface area contributed by atoms with Crippen molar-refractivity contribution in [3.8, 4) is 0 Å². The molecule has 2 N–H and O–H groups in total. The van der Waals surface area contributed by atoms with Crippen LogP contribution in [0.25, 0.3) is 0 Å². The lowest BCUT2D eigenvalue weighted by Crippen LogP contribution is -2.38. The summed E-state index contributed by atoms with van der Waals surface area (Å²) in [5.41, 5.74) is 6.66. The third-order valence-electron chi connectivity index (χ3n) is 3.53. The molecular weight excluding hydrogens is 321 g/mol. The van der Waals surface area contributed by atoms with E-state index in [1.54, 1.807) is 25.1 Å². The monoisotopic (exact) mass is 333 g/mol. The van der Waals surface area contributed by atoms with Gasteiger partial charge in [-0.1, -0.05) is 36.7 Å². The van der Waals surface area contributed by atoms with E-state index >= 15 is 0 Å². The summed E-state index contributed by atoms with van der Waals surface area (Å²) >= 11 is 6.10. The lowest BCUT2D eigenvalue weighted by Gasteiger charge is -2.27. The number of carbonyl (C=O) groups is 1. The van der Waals surface area contributed by atoms with Crippen LogP contribution in [0.4, 0.5) is 15.9 Å². The van der Waals surface area contributed by atoms with Crippen molar-refractivity contribution in [2.75, 3.05) is 10.7 Å². The Morgan fingerprint density at radius 2 is 2.13 bits per heavy atom. The van der Waals surface area contributed by atoms with E-state index in [0.29, 0.717) is 17.7 Å². The first-order chi connectivity index (χ1) is 11.0. The largest absolute Gasteiger partial charge is 0.396 e. The highest BCUT2D eigenvalue weighted by Gasteiger charge is 2.32. The number of hydrazone groups is 1. The Morgan fingerprint density at radius 3 is 2.87 bits per heavy atom. The van der Waals surface area contributed by atoms with Gasteiger partial charge >= 0.3 is 0 Å². The minimum atomic E-state index is -0.405. The maximum atomic E-state index is 14.0. The van der Waals surface area contributed by atoms with Gasteiger partial charge in [0.2, 0.25) is 0 Å². The van der Waals surface area contributed by atoms with Crippen LogP contribution in [0.15, 0.2) is 35.6 Å². The summed E-state index contributed by atoms with van der Waals surface area (Å²) in [5.74, 6) is -1.07. The van der Waals surface area contributed by atoms with E-state index < -0.39 is 11.7 Å². The zero-order valence-corrected chi connectivity index (χ0v) is 13.0. The average Bonchev–Trinajstić information content (AvgIpc) is 2.53. The molecule has 0 bridgehead atoms. The van der Waals surface area contributed by atoms with Crippen LogP contribution in [0, 0.1) is 11.7 Å². The van der Waals surface area contributed by atoms with Crippen molar-refractivity contribution in [3.63, 3.8) is 0 Å². The van der Waals surface area contributed by atoms with Crippen LogP contribution in [0.5, 0.6) is 0 Å². The van der Waals surface area contributed by atoms with Gasteiger partial charge in [-0.05, 0) is 6.07 Å². The number of nitrogen functional groups attached to an aromatic ring is 1. The van der Waals surface area contributed by atoms with Crippen LogP contribution >= 0.6 is 11.6 Å². The third-order valence-corrected chi connectivity index (χ3v) is 3.92. The Morgan fingerprint density at radius 1 is 1.39 bits per heavy atom. The smallest absolute Gasteiger partial charge is 0.252 e. The van der Waals surface area contributed by atoms with Crippen molar-refractivity contribution in [1.82, 2.24) is 10.2 Å². The molecule has 3 rings (SSSR count). The molecule has 0 aliphatic carbocycles. The number of anilines is 2. The Kier molecular flexibility index (Phi) is 3.96. The molecule has 8 heteroatoms. The third kappa shape index (κ3) is 2.75. The first-order valence-electron chi connectivity index (χ1n) is 6.92. The molecule has 1 aromatic heterocycles. The van der Waals surface area contributed by atoms with Gasteiger partial charge in [0.1, 0.15) is 10.8 Å². The summed E-state index contributed by atoms with van der Waals surface area (Å²) in [6.07, 6.45) is 1.61. The predicted octanol–water partition coefficient (Wildman–Crippen LogP) is 2.63. The maximum Gasteiger partial charge on any atom is 0.252 e. The predicted molar refractivity (Wildman–Crippen MR) is 85.7 cm³/mol. The quantitative estimate of drug-likeness (QED) is 0.915. The van der Waals surface area contributed by atoms with Gasteiger partial charge in [-0.3, -0.25) is 4.79 Å². The molecule has 2 heterocycles. The normalized spacial score (nSPS) is 18.0. The molecular formula is C15H13ClFN5O. The lowest BCUT2D eigenvalue weighted by molar-refractivity contribution is -0.122. The summed E-state index contributed by atoms with van der Waals surface area (Å²) < 4.78 is 14.0. The maximum absolute atomic E-state index is 14.0. The standard InChI is InChI=1S/C15H13ClFN5O/c1-8-6-12(9-4-2-3-5-10(9)17)21-22(15(8)23)14-13(16)11(18)7-19-20-14/h2-5,7-8H,6H2,1H3,(H2,18,20). The molecule has 6 nitrogen and oxygen atoms in total. The average molecular weight is 334 g/mol. The highest BCUT2D eigenvalue weighted by atomic mass is 35.5. The molecule has 0 saturated carbocycles. The summed E-state index contributed by atoms with van der Waals surface area (Å²) in [4.78, 5) is 12.4. The number of hydrogen-bond donors (Lipinski definition) is 1. The second-order valence-electron chi connectivity index (χ2n) is 5.22. The minimum Gasteiger partial charge on any atom is -0.396 e. The van der Waals surface area contributed by atoms with E-state index in [-0.39, 0.29) is 22.4 Å². The van der Waals surface area contributed by atoms with E-state index in [2.05, 4.69) is 15.3 Å². The highest BCUT2D eigenvalue weighted by Crippen LogP contribution is 2.32. The number of nitrogens with two attached hydrogens (primary N) is 1. The molecule has 23 heavy (non-hydrogen) atoms. The van der Waals surface area contributed by atoms with E-state index in [1.165, 1.54) is 12.3 Å². The number of carbonyl (C=O) groups excluding carboxylic acids is 1. The first kappa shape index (κ1) is 15.4. The van der Waals surface area contributed by atoms with Crippen molar-refractivity contribution in [2.45, 2.75) is 13.3 Å². The fourth-order valence-corrected chi connectivity index (χ4v) is 2.49. The molecule has 0 saturated heterocycles. The van der Waals surface area contributed by atoms with Gasteiger partial charge in [0.15, 0.2) is 5.82 Å². The Balaban J connectivity index is 2.12. The van der Waals surface area contributed by atoms with Crippen molar-refractivity contribution in [2.24, 2.45) is 11.0 Å². The zero-order valence-electron chi connectivity index (χ0n) is 12.2. The molecule has 1 aliphatic rings. The van der Waals surface area contributed by atoms with Crippen molar-refractivity contribution in [1.29, 1.82) is 0 Å². The molecule has 0 fully saturated rings. The van der Waals surface area contributed by atoms with Crippen LogP contribution in [-0.4, -0.2) is 21.8 Å². The van der Waals surface area contributed by atoms with Crippen molar-refractivity contribution in [3.05, 3.63) is 46.9 Å². The summed E-state index contributed by atoms with van der Waals surface area (Å²) in [5, 5.41) is 12.9. The van der Waals surface area contributed by atoms with Gasteiger partial charge in [-0.25, -0.2) is 4.39 Å². The van der Waals surface area contributed by atoms with Crippen LogP contribution in [0.2, 0.25) is 5.02 Å². The number of benzene rings is 1. The molecule has 1 atom stereocenters. The number of rotatable bonds is 2. The highest BCUT2D eigenvalue weighted by molar-refractivity contribution is 6.36. The topological polar surface area (TPSA) is 84.5 Å². The first-order valence-corrected chi connectivity index (χ1v) is 7.30. The summed E-state index contributed by atoms with van der Waals surface area (Å²) in [6, 6.07) is 6.26. The molecule has 1 aliphatic heterocycles. The van der Waals surface area contributed by atoms with Crippen LogP contribution in [-0.2, 0) is 4.79 Å². The lowest BCUT2D eigenvalue weighted by atomic mass is 9.96. The second kappa shape index (κ2) is 5.92. The van der Waals surface area contributed by atoms with E-state index in [9.17, 15) is 9.18 Å². The summed E-state index contributed by atoms with van der Waals surface area (Å²) in [6.45, 7) is 1.73. The Bertz CT molecular complexity index is 810. The molecule has 1 aromatic carbocycles. The van der Waals surface area contributed by atoms with Crippen LogP contribution in [0.1, 0.15) is 18.9 Å². The molecule has 118 valence electrons. The van der Waals surface area contributed by atoms with Gasteiger partial charge in [0, 0.05) is 17.9 Å².